The van der Waals surface area contributed by atoms with Gasteiger partial charge < -0.3 is 0 Å². The molecule has 2 heteroatoms. The van der Waals surface area contributed by atoms with Crippen molar-refractivity contribution in [1.82, 2.24) is 0 Å². The van der Waals surface area contributed by atoms with Gasteiger partial charge >= 0.3 is 0 Å². The van der Waals surface area contributed by atoms with E-state index in [-0.39, 0.29) is 0 Å². The molecule has 0 radical (unpaired) electrons. The molecule has 98 valence electrons. The van der Waals surface area contributed by atoms with Crippen LogP contribution in [0.25, 0.3) is 0 Å². The highest BCUT2D eigenvalue weighted by molar-refractivity contribution is 5.49. The monoisotopic (exact) mass is 250 g/mol. The molecule has 0 saturated heterocycles. The number of benzene rings is 1. The van der Waals surface area contributed by atoms with Gasteiger partial charge in [0.15, 0.2) is 0 Å². The van der Waals surface area contributed by atoms with Crippen LogP contribution in [0.1, 0.15) is 54.9 Å². The van der Waals surface area contributed by atoms with Gasteiger partial charge in [-0.1, -0.05) is 31.9 Å². The number of fused-ring (bicyclic) bond motifs is 1. The third-order valence-corrected chi connectivity index (χ3v) is 5.06. The predicted octanol–water partition coefficient (Wildman–Crippen LogP) is 4.77. The summed E-state index contributed by atoms with van der Waals surface area (Å²) in [5.41, 5.74) is 2.47. The van der Waals surface area contributed by atoms with E-state index in [4.69, 9.17) is 0 Å². The smallest absolute Gasteiger partial charge is 0.201 e. The molecule has 0 N–H and O–H groups in total. The lowest BCUT2D eigenvalue weighted by Crippen LogP contribution is -2.33. The first-order valence-corrected chi connectivity index (χ1v) is 7.01. The molecule has 18 heavy (non-hydrogen) atoms. The molecule has 1 aromatic carbocycles. The number of hydrogen-bond acceptors (Lipinski definition) is 0. The van der Waals surface area contributed by atoms with Crippen LogP contribution in [0.2, 0.25) is 0 Å². The van der Waals surface area contributed by atoms with E-state index >= 15 is 0 Å². The van der Waals surface area contributed by atoms with E-state index in [1.807, 2.05) is 19.1 Å². The van der Waals surface area contributed by atoms with E-state index in [1.54, 1.807) is 0 Å². The van der Waals surface area contributed by atoms with Gasteiger partial charge in [0.2, 0.25) is 0 Å². The third-order valence-electron chi connectivity index (χ3n) is 5.06. The average Bonchev–Trinajstić information content (AvgIpc) is 2.87. The van der Waals surface area contributed by atoms with E-state index in [2.05, 4.69) is 6.92 Å². The molecule has 1 aromatic rings. The fraction of sp³-hybridized carbons (Fsp3) is 0.625. The van der Waals surface area contributed by atoms with E-state index in [0.29, 0.717) is 24.8 Å². The molecular weight excluding hydrogens is 230 g/mol. The normalized spacial score (nSPS) is 23.6. The van der Waals surface area contributed by atoms with Crippen LogP contribution in [0.4, 0.5) is 8.78 Å². The van der Waals surface area contributed by atoms with E-state index in [9.17, 15) is 8.78 Å². The molecule has 1 saturated carbocycles. The zero-order valence-corrected chi connectivity index (χ0v) is 11.2. The molecule has 1 fully saturated rings. The standard InChI is InChI=1S/C16H20F2/c1-3-12-7-6-11(2)14-13(12)10-15(16(14,17)18)8-4-5-9-15/h6-7H,3-5,8-10H2,1-2H3. The Morgan fingerprint density at radius 1 is 1.17 bits per heavy atom. The first-order chi connectivity index (χ1) is 8.52. The van der Waals surface area contributed by atoms with Gasteiger partial charge in [0.25, 0.3) is 5.92 Å². The van der Waals surface area contributed by atoms with E-state index in [0.717, 1.165) is 36.0 Å². The lowest BCUT2D eigenvalue weighted by atomic mass is 9.79. The molecule has 0 nitrogen and oxygen atoms in total. The van der Waals surface area contributed by atoms with Gasteiger partial charge in [0, 0.05) is 11.0 Å². The zero-order chi connectivity index (χ0) is 13.0. The van der Waals surface area contributed by atoms with E-state index < -0.39 is 11.3 Å². The first kappa shape index (κ1) is 12.1. The quantitative estimate of drug-likeness (QED) is 0.673. The van der Waals surface area contributed by atoms with Gasteiger partial charge in [-0.3, -0.25) is 0 Å². The molecule has 0 atom stereocenters. The average molecular weight is 250 g/mol. The lowest BCUT2D eigenvalue weighted by molar-refractivity contribution is -0.114. The minimum atomic E-state index is -2.62. The molecule has 3 rings (SSSR count). The second kappa shape index (κ2) is 3.79. The molecule has 2 aliphatic rings. The van der Waals surface area contributed by atoms with Gasteiger partial charge in [-0.25, -0.2) is 8.78 Å². The van der Waals surface area contributed by atoms with Crippen molar-refractivity contribution in [3.8, 4) is 0 Å². The van der Waals surface area contributed by atoms with Crippen molar-refractivity contribution in [2.24, 2.45) is 5.41 Å². The highest BCUT2D eigenvalue weighted by atomic mass is 19.3. The molecule has 0 aromatic heterocycles. The van der Waals surface area contributed by atoms with Gasteiger partial charge in [-0.05, 0) is 49.3 Å². The molecule has 0 bridgehead atoms. The summed E-state index contributed by atoms with van der Waals surface area (Å²) in [5, 5.41) is 0. The minimum absolute atomic E-state index is 0.365. The molecular formula is C16H20F2. The van der Waals surface area contributed by atoms with Gasteiger partial charge in [-0.15, -0.1) is 0 Å². The van der Waals surface area contributed by atoms with Crippen LogP contribution in [0.5, 0.6) is 0 Å². The largest absolute Gasteiger partial charge is 0.279 e. The van der Waals surface area contributed by atoms with Crippen LogP contribution in [-0.4, -0.2) is 0 Å². The predicted molar refractivity (Wildman–Crippen MR) is 69.1 cm³/mol. The van der Waals surface area contributed by atoms with Crippen LogP contribution >= 0.6 is 0 Å². The second-order valence-corrected chi connectivity index (χ2v) is 5.99. The van der Waals surface area contributed by atoms with Crippen LogP contribution < -0.4 is 0 Å². The summed E-state index contributed by atoms with van der Waals surface area (Å²) in [6, 6.07) is 3.91. The van der Waals surface area contributed by atoms with Crippen molar-refractivity contribution in [3.05, 3.63) is 34.4 Å². The van der Waals surface area contributed by atoms with Gasteiger partial charge in [0.1, 0.15) is 0 Å². The number of hydrogen-bond donors (Lipinski definition) is 0. The molecule has 0 heterocycles. The summed E-state index contributed by atoms with van der Waals surface area (Å²) in [4.78, 5) is 0. The van der Waals surface area contributed by atoms with Crippen LogP contribution in [0.15, 0.2) is 12.1 Å². The summed E-state index contributed by atoms with van der Waals surface area (Å²) >= 11 is 0. The van der Waals surface area contributed by atoms with Crippen LogP contribution in [0.3, 0.4) is 0 Å². The highest BCUT2D eigenvalue weighted by Gasteiger charge is 2.61. The SMILES string of the molecule is CCc1ccc(C)c2c1CC1(CCCC1)C2(F)F. The molecule has 0 aliphatic heterocycles. The fourth-order valence-corrected chi connectivity index (χ4v) is 4.04. The van der Waals surface area contributed by atoms with Crippen molar-refractivity contribution in [1.29, 1.82) is 0 Å². The summed E-state index contributed by atoms with van der Waals surface area (Å²) in [7, 11) is 0. The first-order valence-electron chi connectivity index (χ1n) is 7.01. The van der Waals surface area contributed by atoms with Crippen LogP contribution in [0, 0.1) is 12.3 Å². The minimum Gasteiger partial charge on any atom is -0.201 e. The Morgan fingerprint density at radius 3 is 2.44 bits per heavy atom. The van der Waals surface area contributed by atoms with E-state index in [1.165, 1.54) is 0 Å². The van der Waals surface area contributed by atoms with Crippen molar-refractivity contribution in [2.75, 3.05) is 0 Å². The number of aryl methyl sites for hydroxylation is 2. The maximum Gasteiger partial charge on any atom is 0.279 e. The fourth-order valence-electron chi connectivity index (χ4n) is 4.04. The topological polar surface area (TPSA) is 0 Å². The number of alkyl halides is 2. The lowest BCUT2D eigenvalue weighted by Gasteiger charge is -2.31. The summed E-state index contributed by atoms with van der Waals surface area (Å²) < 4.78 is 29.7. The maximum atomic E-state index is 14.9. The summed E-state index contributed by atoms with van der Waals surface area (Å²) in [6.45, 7) is 3.89. The highest BCUT2D eigenvalue weighted by Crippen LogP contribution is 2.62. The summed E-state index contributed by atoms with van der Waals surface area (Å²) in [6.07, 6.45) is 4.76. The Balaban J connectivity index is 2.20. The molecule has 0 amide bonds. The molecule has 1 spiro atoms. The van der Waals surface area contributed by atoms with Crippen molar-refractivity contribution >= 4 is 0 Å². The number of halogens is 2. The second-order valence-electron chi connectivity index (χ2n) is 5.99. The zero-order valence-electron chi connectivity index (χ0n) is 11.2. The van der Waals surface area contributed by atoms with Gasteiger partial charge in [-0.2, -0.15) is 0 Å². The maximum absolute atomic E-state index is 14.9. The van der Waals surface area contributed by atoms with Crippen molar-refractivity contribution < 1.29 is 8.78 Å². The number of rotatable bonds is 1. The Labute approximate surface area is 107 Å². The van der Waals surface area contributed by atoms with Crippen LogP contribution in [-0.2, 0) is 18.8 Å². The Kier molecular flexibility index (Phi) is 2.55. The molecule has 2 aliphatic carbocycles. The molecule has 0 unspecified atom stereocenters. The Bertz CT molecular complexity index is 482. The summed E-state index contributed by atoms with van der Waals surface area (Å²) in [5.74, 6) is -2.62. The Morgan fingerprint density at radius 2 is 1.83 bits per heavy atom. The Hall–Kier alpha value is -0.920. The third kappa shape index (κ3) is 1.35. The van der Waals surface area contributed by atoms with Crippen molar-refractivity contribution in [2.45, 2.75) is 58.3 Å². The van der Waals surface area contributed by atoms with Crippen molar-refractivity contribution in [3.63, 3.8) is 0 Å². The van der Waals surface area contributed by atoms with Gasteiger partial charge in [0.05, 0.1) is 0 Å².